The highest BCUT2D eigenvalue weighted by Gasteiger charge is 2.60. The predicted octanol–water partition coefficient (Wildman–Crippen LogP) is 7.53. The Kier molecular flexibility index (Phi) is 6.99. The molecule has 3 fully saturated rings. The van der Waals surface area contributed by atoms with Gasteiger partial charge in [0.2, 0.25) is 0 Å². The van der Waals surface area contributed by atoms with E-state index in [0.717, 1.165) is 49.9 Å². The summed E-state index contributed by atoms with van der Waals surface area (Å²) in [7, 11) is 0. The van der Waals surface area contributed by atoms with E-state index in [1.807, 2.05) is 0 Å². The summed E-state index contributed by atoms with van der Waals surface area (Å²) < 4.78 is 0. The van der Waals surface area contributed by atoms with E-state index < -0.39 is 5.60 Å². The summed E-state index contributed by atoms with van der Waals surface area (Å²) in [6, 6.07) is 0. The Balaban J connectivity index is 1.69. The molecule has 0 aromatic heterocycles. The molecule has 4 rings (SSSR count). The largest absolute Gasteiger partial charge is 0.393 e. The van der Waals surface area contributed by atoms with Crippen LogP contribution in [0.2, 0.25) is 0 Å². The van der Waals surface area contributed by atoms with Crippen LogP contribution in [0, 0.1) is 46.3 Å². The second-order valence-corrected chi connectivity index (χ2v) is 13.2. The van der Waals surface area contributed by atoms with E-state index in [0.29, 0.717) is 28.6 Å². The summed E-state index contributed by atoms with van der Waals surface area (Å²) in [5.41, 5.74) is 1.99. The lowest BCUT2D eigenvalue weighted by Gasteiger charge is -2.61. The number of fused-ring (bicyclic) bond motifs is 5. The van der Waals surface area contributed by atoms with Gasteiger partial charge in [0.25, 0.3) is 0 Å². The van der Waals surface area contributed by atoms with E-state index in [4.69, 9.17) is 0 Å². The lowest BCUT2D eigenvalue weighted by atomic mass is 9.43. The van der Waals surface area contributed by atoms with Crippen molar-refractivity contribution in [3.63, 3.8) is 0 Å². The average molecular weight is 445 g/mol. The SMILES string of the molecule is CC[C@]1(O)CC[C@@]2(C)C(=CC([C@H](C)CC[C@H](O)C(C)C)[C@H]3[C@@H]4CCC[C@]4(CC)CC[C@@H]32)C1. The minimum Gasteiger partial charge on any atom is -0.393 e. The van der Waals surface area contributed by atoms with Crippen LogP contribution in [-0.2, 0) is 0 Å². The van der Waals surface area contributed by atoms with E-state index in [2.05, 4.69) is 47.6 Å². The molecule has 4 aliphatic carbocycles. The van der Waals surface area contributed by atoms with Gasteiger partial charge in [-0.2, -0.15) is 0 Å². The number of aliphatic hydroxyl groups excluding tert-OH is 1. The maximum absolute atomic E-state index is 11.2. The molecule has 1 unspecified atom stereocenters. The third kappa shape index (κ3) is 4.04. The molecule has 32 heavy (non-hydrogen) atoms. The van der Waals surface area contributed by atoms with Crippen LogP contribution in [0.1, 0.15) is 119 Å². The van der Waals surface area contributed by atoms with Crippen molar-refractivity contribution < 1.29 is 10.2 Å². The Morgan fingerprint density at radius 3 is 2.38 bits per heavy atom. The van der Waals surface area contributed by atoms with Gasteiger partial charge in [-0.15, -0.1) is 0 Å². The number of aliphatic hydroxyl groups is 2. The van der Waals surface area contributed by atoms with Gasteiger partial charge >= 0.3 is 0 Å². The second-order valence-electron chi connectivity index (χ2n) is 13.2. The van der Waals surface area contributed by atoms with Crippen molar-refractivity contribution in [2.24, 2.45) is 46.3 Å². The zero-order chi connectivity index (χ0) is 23.3. The van der Waals surface area contributed by atoms with E-state index in [1.165, 1.54) is 44.9 Å². The summed E-state index contributed by atoms with van der Waals surface area (Å²) in [5.74, 6) is 4.05. The topological polar surface area (TPSA) is 40.5 Å². The number of hydrogen-bond donors (Lipinski definition) is 2. The summed E-state index contributed by atoms with van der Waals surface area (Å²) in [5, 5.41) is 21.8. The van der Waals surface area contributed by atoms with Crippen LogP contribution in [0.15, 0.2) is 11.6 Å². The molecule has 0 spiro atoms. The smallest absolute Gasteiger partial charge is 0.0682 e. The lowest BCUT2D eigenvalue weighted by Crippen LogP contribution is -2.55. The molecule has 3 saturated carbocycles. The van der Waals surface area contributed by atoms with Crippen LogP contribution in [-0.4, -0.2) is 21.9 Å². The fourth-order valence-corrected chi connectivity index (χ4v) is 9.01. The van der Waals surface area contributed by atoms with E-state index >= 15 is 0 Å². The van der Waals surface area contributed by atoms with Crippen molar-refractivity contribution in [2.75, 3.05) is 0 Å². The van der Waals surface area contributed by atoms with Gasteiger partial charge in [0, 0.05) is 0 Å². The molecule has 2 N–H and O–H groups in total. The standard InChI is InChI=1S/C30H52O2/c1-7-29-14-9-10-25(29)27-23(21(5)11-12-26(31)20(3)4)18-22-19-30(32,8-2)17-16-28(22,6)24(27)13-15-29/h18,20-21,23-27,31-32H,7-17,19H2,1-6H3/t21-,23?,24+,25+,26+,27-,28+,29-,30+/m1/s1. The van der Waals surface area contributed by atoms with Crippen molar-refractivity contribution in [1.29, 1.82) is 0 Å². The normalized spacial score (nSPS) is 45.6. The van der Waals surface area contributed by atoms with Crippen LogP contribution < -0.4 is 0 Å². The van der Waals surface area contributed by atoms with Crippen LogP contribution in [0.4, 0.5) is 0 Å². The summed E-state index contributed by atoms with van der Waals surface area (Å²) in [4.78, 5) is 0. The Morgan fingerprint density at radius 2 is 1.72 bits per heavy atom. The van der Waals surface area contributed by atoms with Crippen molar-refractivity contribution in [3.05, 3.63) is 11.6 Å². The van der Waals surface area contributed by atoms with Gasteiger partial charge in [0.15, 0.2) is 0 Å². The first-order valence-electron chi connectivity index (χ1n) is 14.2. The molecule has 0 saturated heterocycles. The first-order chi connectivity index (χ1) is 15.1. The molecule has 0 radical (unpaired) electrons. The van der Waals surface area contributed by atoms with Crippen molar-refractivity contribution >= 4 is 0 Å². The van der Waals surface area contributed by atoms with Gasteiger partial charge in [-0.05, 0) is 111 Å². The van der Waals surface area contributed by atoms with Gasteiger partial charge in [-0.1, -0.05) is 66.0 Å². The van der Waals surface area contributed by atoms with Gasteiger partial charge < -0.3 is 10.2 Å². The van der Waals surface area contributed by atoms with E-state index in [9.17, 15) is 10.2 Å². The summed E-state index contributed by atoms with van der Waals surface area (Å²) in [6.45, 7) is 14.0. The first kappa shape index (κ1) is 24.8. The third-order valence-corrected chi connectivity index (χ3v) is 11.6. The highest BCUT2D eigenvalue weighted by Crippen LogP contribution is 2.68. The maximum Gasteiger partial charge on any atom is 0.0682 e. The van der Waals surface area contributed by atoms with Crippen LogP contribution in [0.25, 0.3) is 0 Å². The van der Waals surface area contributed by atoms with Crippen LogP contribution in [0.5, 0.6) is 0 Å². The molecule has 9 atom stereocenters. The molecule has 0 bridgehead atoms. The van der Waals surface area contributed by atoms with Crippen molar-refractivity contribution in [1.82, 2.24) is 0 Å². The molecule has 2 heteroatoms. The molecular formula is C30H52O2. The predicted molar refractivity (Wildman–Crippen MR) is 134 cm³/mol. The quantitative estimate of drug-likeness (QED) is 0.398. The zero-order valence-electron chi connectivity index (χ0n) is 22.0. The van der Waals surface area contributed by atoms with E-state index in [-0.39, 0.29) is 6.10 Å². The summed E-state index contributed by atoms with van der Waals surface area (Å²) in [6.07, 6.45) is 17.0. The molecule has 0 amide bonds. The Morgan fingerprint density at radius 1 is 0.969 bits per heavy atom. The minimum atomic E-state index is -0.491. The molecule has 184 valence electrons. The van der Waals surface area contributed by atoms with Gasteiger partial charge in [-0.25, -0.2) is 0 Å². The lowest BCUT2D eigenvalue weighted by molar-refractivity contribution is -0.0904. The third-order valence-electron chi connectivity index (χ3n) is 11.6. The highest BCUT2D eigenvalue weighted by molar-refractivity contribution is 5.29. The van der Waals surface area contributed by atoms with Gasteiger partial charge in [-0.3, -0.25) is 0 Å². The Hall–Kier alpha value is -0.340. The second kappa shape index (κ2) is 9.03. The molecular weight excluding hydrogens is 392 g/mol. The van der Waals surface area contributed by atoms with E-state index in [1.54, 1.807) is 5.57 Å². The molecule has 0 aromatic carbocycles. The fourth-order valence-electron chi connectivity index (χ4n) is 9.01. The Bertz CT molecular complexity index is 697. The molecule has 4 aliphatic rings. The van der Waals surface area contributed by atoms with Gasteiger partial charge in [0.1, 0.15) is 0 Å². The van der Waals surface area contributed by atoms with Gasteiger partial charge in [0.05, 0.1) is 11.7 Å². The minimum absolute atomic E-state index is 0.179. The van der Waals surface area contributed by atoms with Crippen molar-refractivity contribution in [2.45, 2.75) is 130 Å². The number of rotatable bonds is 7. The molecule has 0 heterocycles. The fraction of sp³-hybridized carbons (Fsp3) is 0.933. The average Bonchev–Trinajstić information content (AvgIpc) is 3.22. The first-order valence-corrected chi connectivity index (χ1v) is 14.2. The molecule has 0 aliphatic heterocycles. The maximum atomic E-state index is 11.2. The number of hydrogen-bond acceptors (Lipinski definition) is 2. The zero-order valence-corrected chi connectivity index (χ0v) is 22.0. The molecule has 0 aromatic rings. The number of allylic oxidation sites excluding steroid dienone is 1. The van der Waals surface area contributed by atoms with Crippen molar-refractivity contribution in [3.8, 4) is 0 Å². The summed E-state index contributed by atoms with van der Waals surface area (Å²) >= 11 is 0. The monoisotopic (exact) mass is 444 g/mol. The highest BCUT2D eigenvalue weighted by atomic mass is 16.3. The molecule has 2 nitrogen and oxygen atoms in total. The van der Waals surface area contributed by atoms with Crippen LogP contribution >= 0.6 is 0 Å². The Labute approximate surface area is 198 Å². The van der Waals surface area contributed by atoms with Crippen LogP contribution in [0.3, 0.4) is 0 Å².